The van der Waals surface area contributed by atoms with Gasteiger partial charge in [0.2, 0.25) is 0 Å². The van der Waals surface area contributed by atoms with Crippen molar-refractivity contribution < 1.29 is 0 Å². The van der Waals surface area contributed by atoms with E-state index < -0.39 is 0 Å². The molecule has 2 nitrogen and oxygen atoms in total. The SMILES string of the molecule is CC(CNC(C)(C)C)CN1CCC(C(C)C)C1. The van der Waals surface area contributed by atoms with Gasteiger partial charge in [0, 0.05) is 18.6 Å². The van der Waals surface area contributed by atoms with E-state index in [4.69, 9.17) is 0 Å². The molecule has 0 spiro atoms. The normalized spacial score (nSPS) is 24.5. The molecule has 0 radical (unpaired) electrons. The summed E-state index contributed by atoms with van der Waals surface area (Å²) in [5.74, 6) is 2.53. The Balaban J connectivity index is 2.22. The second kappa shape index (κ2) is 6.19. The van der Waals surface area contributed by atoms with Gasteiger partial charge in [0.05, 0.1) is 0 Å². The van der Waals surface area contributed by atoms with Crippen molar-refractivity contribution in [3.05, 3.63) is 0 Å². The summed E-state index contributed by atoms with van der Waals surface area (Å²) in [6, 6.07) is 0. The van der Waals surface area contributed by atoms with Crippen molar-refractivity contribution in [2.24, 2.45) is 17.8 Å². The molecule has 0 aromatic rings. The molecule has 102 valence electrons. The van der Waals surface area contributed by atoms with Crippen LogP contribution in [-0.2, 0) is 0 Å². The Morgan fingerprint density at radius 2 is 1.88 bits per heavy atom. The molecule has 0 aromatic carbocycles. The van der Waals surface area contributed by atoms with E-state index in [0.29, 0.717) is 0 Å². The minimum Gasteiger partial charge on any atom is -0.312 e. The summed E-state index contributed by atoms with van der Waals surface area (Å²) in [6.45, 7) is 18.8. The van der Waals surface area contributed by atoms with Crippen molar-refractivity contribution in [1.82, 2.24) is 10.2 Å². The van der Waals surface area contributed by atoms with Crippen LogP contribution in [0.1, 0.15) is 48.0 Å². The largest absolute Gasteiger partial charge is 0.312 e. The fourth-order valence-electron chi connectivity index (χ4n) is 2.56. The second-order valence-electron chi connectivity index (χ2n) is 7.29. The third-order valence-electron chi connectivity index (χ3n) is 3.80. The van der Waals surface area contributed by atoms with Crippen LogP contribution in [0.3, 0.4) is 0 Å². The maximum Gasteiger partial charge on any atom is 0.00966 e. The molecule has 0 aromatic heterocycles. The molecule has 1 N–H and O–H groups in total. The number of rotatable bonds is 5. The van der Waals surface area contributed by atoms with Gasteiger partial charge in [-0.2, -0.15) is 0 Å². The highest BCUT2D eigenvalue weighted by Gasteiger charge is 2.25. The van der Waals surface area contributed by atoms with Gasteiger partial charge in [-0.1, -0.05) is 20.8 Å². The number of hydrogen-bond acceptors (Lipinski definition) is 2. The minimum absolute atomic E-state index is 0.250. The van der Waals surface area contributed by atoms with Gasteiger partial charge in [-0.25, -0.2) is 0 Å². The molecule has 0 amide bonds. The Kier molecular flexibility index (Phi) is 5.46. The van der Waals surface area contributed by atoms with Gasteiger partial charge in [-0.05, 0) is 58.0 Å². The van der Waals surface area contributed by atoms with Crippen molar-refractivity contribution in [3.63, 3.8) is 0 Å². The Morgan fingerprint density at radius 3 is 2.35 bits per heavy atom. The minimum atomic E-state index is 0.250. The number of nitrogens with zero attached hydrogens (tertiary/aromatic N) is 1. The first-order chi connectivity index (χ1) is 7.78. The molecule has 0 saturated carbocycles. The fourth-order valence-corrected chi connectivity index (χ4v) is 2.56. The first-order valence-corrected chi connectivity index (χ1v) is 7.25. The van der Waals surface area contributed by atoms with Crippen LogP contribution in [0.15, 0.2) is 0 Å². The van der Waals surface area contributed by atoms with Gasteiger partial charge in [0.25, 0.3) is 0 Å². The predicted octanol–water partition coefficient (Wildman–Crippen LogP) is 2.99. The maximum absolute atomic E-state index is 3.60. The molecule has 17 heavy (non-hydrogen) atoms. The smallest absolute Gasteiger partial charge is 0.00966 e. The van der Waals surface area contributed by atoms with Crippen LogP contribution in [0.5, 0.6) is 0 Å². The summed E-state index contributed by atoms with van der Waals surface area (Å²) >= 11 is 0. The Labute approximate surface area is 108 Å². The molecule has 2 unspecified atom stereocenters. The summed E-state index contributed by atoms with van der Waals surface area (Å²) in [6.07, 6.45) is 1.40. The van der Waals surface area contributed by atoms with E-state index in [2.05, 4.69) is 51.8 Å². The maximum atomic E-state index is 3.60. The van der Waals surface area contributed by atoms with Crippen LogP contribution < -0.4 is 5.32 Å². The molecular weight excluding hydrogens is 208 g/mol. The average molecular weight is 240 g/mol. The zero-order valence-electron chi connectivity index (χ0n) is 12.7. The molecule has 1 fully saturated rings. The number of likely N-dealkylation sites (tertiary alicyclic amines) is 1. The van der Waals surface area contributed by atoms with Gasteiger partial charge in [-0.15, -0.1) is 0 Å². The van der Waals surface area contributed by atoms with E-state index in [-0.39, 0.29) is 5.54 Å². The quantitative estimate of drug-likeness (QED) is 0.795. The molecule has 0 bridgehead atoms. The van der Waals surface area contributed by atoms with Crippen molar-refractivity contribution in [3.8, 4) is 0 Å². The van der Waals surface area contributed by atoms with Crippen LogP contribution in [0, 0.1) is 17.8 Å². The third-order valence-corrected chi connectivity index (χ3v) is 3.80. The van der Waals surface area contributed by atoms with E-state index in [9.17, 15) is 0 Å². The monoisotopic (exact) mass is 240 g/mol. The lowest BCUT2D eigenvalue weighted by Crippen LogP contribution is -2.41. The van der Waals surface area contributed by atoms with E-state index in [0.717, 1.165) is 24.3 Å². The Hall–Kier alpha value is -0.0800. The summed E-state index contributed by atoms with van der Waals surface area (Å²) in [5.41, 5.74) is 0.250. The lowest BCUT2D eigenvalue weighted by atomic mass is 9.95. The van der Waals surface area contributed by atoms with Gasteiger partial charge in [0.1, 0.15) is 0 Å². The van der Waals surface area contributed by atoms with E-state index >= 15 is 0 Å². The zero-order chi connectivity index (χ0) is 13.1. The van der Waals surface area contributed by atoms with Gasteiger partial charge in [-0.3, -0.25) is 0 Å². The summed E-state index contributed by atoms with van der Waals surface area (Å²) in [4.78, 5) is 2.65. The van der Waals surface area contributed by atoms with Crippen molar-refractivity contribution in [2.45, 2.75) is 53.5 Å². The van der Waals surface area contributed by atoms with E-state index in [1.165, 1.54) is 26.1 Å². The van der Waals surface area contributed by atoms with Gasteiger partial charge in [0.15, 0.2) is 0 Å². The predicted molar refractivity (Wildman–Crippen MR) is 76.3 cm³/mol. The van der Waals surface area contributed by atoms with Gasteiger partial charge < -0.3 is 10.2 Å². The lowest BCUT2D eigenvalue weighted by molar-refractivity contribution is 0.252. The zero-order valence-corrected chi connectivity index (χ0v) is 12.7. The lowest BCUT2D eigenvalue weighted by Gasteiger charge is -2.26. The van der Waals surface area contributed by atoms with Crippen LogP contribution in [0.25, 0.3) is 0 Å². The number of nitrogens with one attached hydrogen (secondary N) is 1. The van der Waals surface area contributed by atoms with Crippen LogP contribution >= 0.6 is 0 Å². The van der Waals surface area contributed by atoms with E-state index in [1.807, 2.05) is 0 Å². The third kappa shape index (κ3) is 5.87. The molecule has 1 aliphatic heterocycles. The Morgan fingerprint density at radius 1 is 1.24 bits per heavy atom. The molecule has 2 atom stereocenters. The highest BCUT2D eigenvalue weighted by molar-refractivity contribution is 4.80. The molecule has 1 heterocycles. The first-order valence-electron chi connectivity index (χ1n) is 7.25. The molecule has 0 aliphatic carbocycles. The molecule has 1 aliphatic rings. The summed E-state index contributed by atoms with van der Waals surface area (Å²) in [5, 5.41) is 3.60. The first kappa shape index (κ1) is 15.0. The van der Waals surface area contributed by atoms with Crippen molar-refractivity contribution in [1.29, 1.82) is 0 Å². The highest BCUT2D eigenvalue weighted by Crippen LogP contribution is 2.24. The molecule has 1 rings (SSSR count). The average Bonchev–Trinajstić information content (AvgIpc) is 2.62. The van der Waals surface area contributed by atoms with Gasteiger partial charge >= 0.3 is 0 Å². The standard InChI is InChI=1S/C15H32N2/c1-12(2)14-7-8-17(11-14)10-13(3)9-16-15(4,5)6/h12-14,16H,7-11H2,1-6H3. The van der Waals surface area contributed by atoms with Crippen molar-refractivity contribution >= 4 is 0 Å². The second-order valence-corrected chi connectivity index (χ2v) is 7.29. The van der Waals surface area contributed by atoms with Crippen LogP contribution in [0.2, 0.25) is 0 Å². The van der Waals surface area contributed by atoms with E-state index in [1.54, 1.807) is 0 Å². The topological polar surface area (TPSA) is 15.3 Å². The Bertz CT molecular complexity index is 217. The molecule has 1 saturated heterocycles. The summed E-state index contributed by atoms with van der Waals surface area (Å²) < 4.78 is 0. The summed E-state index contributed by atoms with van der Waals surface area (Å²) in [7, 11) is 0. The van der Waals surface area contributed by atoms with Crippen LogP contribution in [-0.4, -0.2) is 36.6 Å². The highest BCUT2D eigenvalue weighted by atomic mass is 15.1. The molecule has 2 heteroatoms. The van der Waals surface area contributed by atoms with Crippen LogP contribution in [0.4, 0.5) is 0 Å². The van der Waals surface area contributed by atoms with Crippen molar-refractivity contribution in [2.75, 3.05) is 26.2 Å². The number of hydrogen-bond donors (Lipinski definition) is 1. The fraction of sp³-hybridized carbons (Fsp3) is 1.00. The molecular formula is C15H32N2.